The molecule has 2 saturated carbocycles. The summed E-state index contributed by atoms with van der Waals surface area (Å²) in [6.07, 6.45) is 12.5. The zero-order valence-corrected chi connectivity index (χ0v) is 18.8. The molecular formula is C24H33N3O2S. The molecule has 0 unspecified atom stereocenters. The van der Waals surface area contributed by atoms with Crippen LogP contribution in [-0.4, -0.2) is 38.9 Å². The second kappa shape index (κ2) is 8.03. The number of carbonyl (C=O) groups excluding carboxylic acids is 2. The SMILES string of the molecule is C[C@@]1(C(=O)NC2CCCCC2)Cn2c(cc3sccc32)C(=O)N1C1CCCCCC1. The largest absolute Gasteiger partial charge is 0.351 e. The highest BCUT2D eigenvalue weighted by Crippen LogP contribution is 2.38. The van der Waals surface area contributed by atoms with E-state index in [0.717, 1.165) is 54.4 Å². The van der Waals surface area contributed by atoms with Gasteiger partial charge in [-0.25, -0.2) is 0 Å². The lowest BCUT2D eigenvalue weighted by Crippen LogP contribution is -2.67. The van der Waals surface area contributed by atoms with Gasteiger partial charge in [-0.3, -0.25) is 9.59 Å². The average Bonchev–Trinajstić information content (AvgIpc) is 3.23. The number of aromatic nitrogens is 1. The molecule has 1 N–H and O–H groups in total. The van der Waals surface area contributed by atoms with Crippen molar-refractivity contribution in [1.82, 2.24) is 14.8 Å². The molecule has 1 aliphatic heterocycles. The molecule has 2 aliphatic carbocycles. The maximum Gasteiger partial charge on any atom is 0.271 e. The van der Waals surface area contributed by atoms with Crippen LogP contribution in [0.15, 0.2) is 17.5 Å². The van der Waals surface area contributed by atoms with Crippen molar-refractivity contribution < 1.29 is 9.59 Å². The number of hydrogen-bond acceptors (Lipinski definition) is 3. The average molecular weight is 428 g/mol. The predicted octanol–water partition coefficient (Wildman–Crippen LogP) is 5.09. The quantitative estimate of drug-likeness (QED) is 0.694. The van der Waals surface area contributed by atoms with Gasteiger partial charge < -0.3 is 14.8 Å². The van der Waals surface area contributed by atoms with Crippen LogP contribution in [0.4, 0.5) is 0 Å². The van der Waals surface area contributed by atoms with Gasteiger partial charge >= 0.3 is 0 Å². The lowest BCUT2D eigenvalue weighted by Gasteiger charge is -2.48. The van der Waals surface area contributed by atoms with Gasteiger partial charge in [0.25, 0.3) is 5.91 Å². The molecular weight excluding hydrogens is 394 g/mol. The fourth-order valence-electron chi connectivity index (χ4n) is 5.91. The highest BCUT2D eigenvalue weighted by molar-refractivity contribution is 7.17. The number of hydrogen-bond donors (Lipinski definition) is 1. The Morgan fingerprint density at radius 2 is 1.73 bits per heavy atom. The highest BCUT2D eigenvalue weighted by Gasteiger charge is 2.50. The lowest BCUT2D eigenvalue weighted by molar-refractivity contribution is -0.135. The fraction of sp³-hybridized carbons (Fsp3) is 0.667. The van der Waals surface area contributed by atoms with Crippen LogP contribution in [0.5, 0.6) is 0 Å². The first kappa shape index (κ1) is 20.1. The van der Waals surface area contributed by atoms with Gasteiger partial charge in [0.2, 0.25) is 5.91 Å². The van der Waals surface area contributed by atoms with Crippen molar-refractivity contribution >= 4 is 33.4 Å². The number of nitrogens with zero attached hydrogens (tertiary/aromatic N) is 2. The minimum absolute atomic E-state index is 0.0368. The molecule has 1 atom stereocenters. The summed E-state index contributed by atoms with van der Waals surface area (Å²) in [6, 6.07) is 4.52. The Morgan fingerprint density at radius 3 is 2.47 bits per heavy atom. The first-order valence-corrected chi connectivity index (χ1v) is 12.7. The molecule has 2 fully saturated rings. The van der Waals surface area contributed by atoms with Crippen LogP contribution in [0.1, 0.15) is 88.0 Å². The van der Waals surface area contributed by atoms with E-state index in [2.05, 4.69) is 21.3 Å². The van der Waals surface area contributed by atoms with Crippen molar-refractivity contribution in [2.75, 3.05) is 0 Å². The molecule has 3 aliphatic rings. The summed E-state index contributed by atoms with van der Waals surface area (Å²) >= 11 is 1.67. The van der Waals surface area contributed by atoms with E-state index in [-0.39, 0.29) is 23.9 Å². The Bertz CT molecular complexity index is 934. The number of rotatable bonds is 3. The molecule has 0 bridgehead atoms. The van der Waals surface area contributed by atoms with Crippen LogP contribution >= 0.6 is 11.3 Å². The first-order valence-electron chi connectivity index (χ1n) is 11.8. The zero-order chi connectivity index (χ0) is 20.7. The Balaban J connectivity index is 1.53. The Labute approximate surface area is 182 Å². The molecule has 5 nitrogen and oxygen atoms in total. The van der Waals surface area contributed by atoms with E-state index in [4.69, 9.17) is 0 Å². The van der Waals surface area contributed by atoms with Gasteiger partial charge in [0.1, 0.15) is 11.2 Å². The molecule has 3 heterocycles. The molecule has 162 valence electrons. The minimum atomic E-state index is -0.843. The topological polar surface area (TPSA) is 54.3 Å². The van der Waals surface area contributed by atoms with Crippen LogP contribution in [0.2, 0.25) is 0 Å². The van der Waals surface area contributed by atoms with E-state index >= 15 is 0 Å². The zero-order valence-electron chi connectivity index (χ0n) is 18.0. The van der Waals surface area contributed by atoms with Crippen molar-refractivity contribution in [3.8, 4) is 0 Å². The second-order valence-corrected chi connectivity index (χ2v) is 10.6. The van der Waals surface area contributed by atoms with Gasteiger partial charge in [0.05, 0.1) is 16.8 Å². The summed E-state index contributed by atoms with van der Waals surface area (Å²) in [5.74, 6) is 0.0765. The summed E-state index contributed by atoms with van der Waals surface area (Å²) in [5.41, 5.74) is 0.995. The molecule has 0 saturated heterocycles. The van der Waals surface area contributed by atoms with E-state index in [9.17, 15) is 9.59 Å². The van der Waals surface area contributed by atoms with E-state index in [1.165, 1.54) is 32.1 Å². The van der Waals surface area contributed by atoms with Gasteiger partial charge in [-0.2, -0.15) is 0 Å². The van der Waals surface area contributed by atoms with Gasteiger partial charge in [0.15, 0.2) is 0 Å². The predicted molar refractivity (Wildman–Crippen MR) is 121 cm³/mol. The Kier molecular flexibility index (Phi) is 5.38. The van der Waals surface area contributed by atoms with Crippen molar-refractivity contribution in [3.05, 3.63) is 23.2 Å². The molecule has 0 aromatic carbocycles. The molecule has 2 aromatic heterocycles. The smallest absolute Gasteiger partial charge is 0.271 e. The molecule has 2 amide bonds. The monoisotopic (exact) mass is 427 g/mol. The fourth-order valence-corrected chi connectivity index (χ4v) is 6.73. The summed E-state index contributed by atoms with van der Waals surface area (Å²) in [4.78, 5) is 29.6. The van der Waals surface area contributed by atoms with Crippen LogP contribution in [0.25, 0.3) is 10.2 Å². The van der Waals surface area contributed by atoms with Crippen molar-refractivity contribution in [2.45, 2.75) is 102 Å². The second-order valence-electron chi connectivity index (χ2n) is 9.69. The molecule has 0 spiro atoms. The number of thiophene rings is 1. The lowest BCUT2D eigenvalue weighted by atomic mass is 9.89. The number of nitrogens with one attached hydrogen (secondary N) is 1. The maximum absolute atomic E-state index is 13.8. The summed E-state index contributed by atoms with van der Waals surface area (Å²) < 4.78 is 3.23. The summed E-state index contributed by atoms with van der Waals surface area (Å²) in [7, 11) is 0. The molecule has 6 heteroatoms. The van der Waals surface area contributed by atoms with E-state index < -0.39 is 5.54 Å². The normalized spacial score (nSPS) is 26.6. The standard InChI is InChI=1S/C24H33N3O2S/c1-24(23(29)25-17-9-5-4-6-10-17)16-26-19-13-14-30-21(19)15-20(26)22(28)27(24)18-11-7-2-3-8-12-18/h13-15,17-18H,2-12,16H2,1H3,(H,25,29)/t24-/m0/s1. The van der Waals surface area contributed by atoms with Gasteiger partial charge in [-0.1, -0.05) is 44.9 Å². The third-order valence-electron chi connectivity index (χ3n) is 7.58. The van der Waals surface area contributed by atoms with E-state index in [1.54, 1.807) is 11.3 Å². The van der Waals surface area contributed by atoms with Gasteiger partial charge in [-0.05, 0) is 50.1 Å². The van der Waals surface area contributed by atoms with E-state index in [1.807, 2.05) is 17.9 Å². The van der Waals surface area contributed by atoms with Crippen LogP contribution < -0.4 is 5.32 Å². The molecule has 2 aromatic rings. The highest BCUT2D eigenvalue weighted by atomic mass is 32.1. The van der Waals surface area contributed by atoms with Gasteiger partial charge in [0, 0.05) is 12.1 Å². The number of fused-ring (bicyclic) bond motifs is 3. The van der Waals surface area contributed by atoms with Gasteiger partial charge in [-0.15, -0.1) is 11.3 Å². The van der Waals surface area contributed by atoms with Crippen LogP contribution in [-0.2, 0) is 11.3 Å². The van der Waals surface area contributed by atoms with E-state index in [0.29, 0.717) is 6.54 Å². The number of carbonyl (C=O) groups is 2. The number of amides is 2. The van der Waals surface area contributed by atoms with Crippen molar-refractivity contribution in [2.24, 2.45) is 0 Å². The minimum Gasteiger partial charge on any atom is -0.351 e. The third kappa shape index (κ3) is 3.37. The van der Waals surface area contributed by atoms with Crippen LogP contribution in [0.3, 0.4) is 0 Å². The maximum atomic E-state index is 13.8. The van der Waals surface area contributed by atoms with Crippen LogP contribution in [0, 0.1) is 0 Å². The third-order valence-corrected chi connectivity index (χ3v) is 8.43. The van der Waals surface area contributed by atoms with Crippen molar-refractivity contribution in [3.63, 3.8) is 0 Å². The Morgan fingerprint density at radius 1 is 1.07 bits per heavy atom. The summed E-state index contributed by atoms with van der Waals surface area (Å²) in [5, 5.41) is 5.42. The summed E-state index contributed by atoms with van der Waals surface area (Å²) in [6.45, 7) is 2.55. The van der Waals surface area contributed by atoms with Crippen molar-refractivity contribution in [1.29, 1.82) is 0 Å². The first-order chi connectivity index (χ1) is 14.6. The Hall–Kier alpha value is -1.82. The molecule has 30 heavy (non-hydrogen) atoms. The molecule has 0 radical (unpaired) electrons. The molecule has 5 rings (SSSR count).